The molecule has 0 fully saturated rings. The Labute approximate surface area is 139 Å². The Kier molecular flexibility index (Phi) is 15.7. The SMILES string of the molecule is CCCCCCCCCCC(O)(CO)CCCCCCCC. The second-order valence-electron chi connectivity index (χ2n) is 7.13. The van der Waals surface area contributed by atoms with Crippen molar-refractivity contribution in [2.75, 3.05) is 6.61 Å². The van der Waals surface area contributed by atoms with Gasteiger partial charge in [0, 0.05) is 0 Å². The molecule has 0 amide bonds. The quantitative estimate of drug-likeness (QED) is 0.324. The van der Waals surface area contributed by atoms with Gasteiger partial charge in [0.15, 0.2) is 0 Å². The molecule has 2 heteroatoms. The van der Waals surface area contributed by atoms with Crippen molar-refractivity contribution in [3.05, 3.63) is 0 Å². The second-order valence-corrected chi connectivity index (χ2v) is 7.13. The van der Waals surface area contributed by atoms with Gasteiger partial charge < -0.3 is 10.2 Å². The van der Waals surface area contributed by atoms with Crippen molar-refractivity contribution in [1.29, 1.82) is 0 Å². The molecule has 0 spiro atoms. The van der Waals surface area contributed by atoms with Gasteiger partial charge in [0.2, 0.25) is 0 Å². The van der Waals surface area contributed by atoms with Gasteiger partial charge in [0.25, 0.3) is 0 Å². The fourth-order valence-electron chi connectivity index (χ4n) is 3.11. The molecular formula is C20H42O2. The van der Waals surface area contributed by atoms with Crippen molar-refractivity contribution in [2.24, 2.45) is 0 Å². The Balaban J connectivity index is 3.53. The first-order valence-corrected chi connectivity index (χ1v) is 10.0. The normalized spacial score (nSPS) is 14.2. The smallest absolute Gasteiger partial charge is 0.0877 e. The summed E-state index contributed by atoms with van der Waals surface area (Å²) in [6.45, 7) is 4.41. The highest BCUT2D eigenvalue weighted by Gasteiger charge is 2.24. The summed E-state index contributed by atoms with van der Waals surface area (Å²) < 4.78 is 0. The lowest BCUT2D eigenvalue weighted by atomic mass is 9.90. The Hall–Kier alpha value is -0.0800. The van der Waals surface area contributed by atoms with Crippen LogP contribution in [0.15, 0.2) is 0 Å². The van der Waals surface area contributed by atoms with Crippen LogP contribution in [0.1, 0.15) is 117 Å². The van der Waals surface area contributed by atoms with Crippen molar-refractivity contribution < 1.29 is 10.2 Å². The van der Waals surface area contributed by atoms with E-state index in [1.165, 1.54) is 77.0 Å². The summed E-state index contributed by atoms with van der Waals surface area (Å²) in [7, 11) is 0. The predicted octanol–water partition coefficient (Wildman–Crippen LogP) is 5.99. The molecule has 0 aromatic heterocycles. The lowest BCUT2D eigenvalue weighted by Gasteiger charge is -2.26. The van der Waals surface area contributed by atoms with Crippen LogP contribution in [0.3, 0.4) is 0 Å². The second kappa shape index (κ2) is 15.8. The molecule has 1 atom stereocenters. The first-order chi connectivity index (χ1) is 10.7. The van der Waals surface area contributed by atoms with Crippen LogP contribution in [-0.4, -0.2) is 22.4 Å². The van der Waals surface area contributed by atoms with Crippen molar-refractivity contribution in [2.45, 2.75) is 122 Å². The summed E-state index contributed by atoms with van der Waals surface area (Å²) in [4.78, 5) is 0. The molecule has 0 bridgehead atoms. The van der Waals surface area contributed by atoms with Crippen LogP contribution in [0.5, 0.6) is 0 Å². The van der Waals surface area contributed by atoms with Gasteiger partial charge in [-0.2, -0.15) is 0 Å². The number of aliphatic hydroxyl groups is 2. The van der Waals surface area contributed by atoms with E-state index in [9.17, 15) is 10.2 Å². The van der Waals surface area contributed by atoms with Gasteiger partial charge in [0.1, 0.15) is 0 Å². The molecule has 0 aromatic carbocycles. The van der Waals surface area contributed by atoms with E-state index in [4.69, 9.17) is 0 Å². The zero-order valence-electron chi connectivity index (χ0n) is 15.4. The number of aliphatic hydroxyl groups excluding tert-OH is 1. The van der Waals surface area contributed by atoms with Crippen LogP contribution in [0.2, 0.25) is 0 Å². The number of hydrogen-bond donors (Lipinski definition) is 2. The van der Waals surface area contributed by atoms with Crippen LogP contribution in [0.4, 0.5) is 0 Å². The van der Waals surface area contributed by atoms with Crippen LogP contribution < -0.4 is 0 Å². The van der Waals surface area contributed by atoms with E-state index < -0.39 is 5.60 Å². The summed E-state index contributed by atoms with van der Waals surface area (Å²) in [6.07, 6.45) is 19.2. The fraction of sp³-hybridized carbons (Fsp3) is 1.00. The first-order valence-electron chi connectivity index (χ1n) is 10.0. The van der Waals surface area contributed by atoms with Gasteiger partial charge in [-0.1, -0.05) is 104 Å². The molecule has 2 N–H and O–H groups in total. The van der Waals surface area contributed by atoms with E-state index in [1.54, 1.807) is 0 Å². The minimum Gasteiger partial charge on any atom is -0.393 e. The molecule has 0 heterocycles. The summed E-state index contributed by atoms with van der Waals surface area (Å²) >= 11 is 0. The fourth-order valence-corrected chi connectivity index (χ4v) is 3.11. The average Bonchev–Trinajstić information content (AvgIpc) is 2.53. The first kappa shape index (κ1) is 21.9. The summed E-state index contributed by atoms with van der Waals surface area (Å²) in [5.74, 6) is 0. The largest absolute Gasteiger partial charge is 0.393 e. The molecule has 134 valence electrons. The van der Waals surface area contributed by atoms with Gasteiger partial charge in [-0.05, 0) is 12.8 Å². The monoisotopic (exact) mass is 314 g/mol. The topological polar surface area (TPSA) is 40.5 Å². The van der Waals surface area contributed by atoms with Gasteiger partial charge in [-0.25, -0.2) is 0 Å². The van der Waals surface area contributed by atoms with Gasteiger partial charge in [0.05, 0.1) is 12.2 Å². The standard InChI is InChI=1S/C20H42O2/c1-3-5-7-9-11-12-14-16-18-20(22,19-21)17-15-13-10-8-6-4-2/h21-22H,3-19H2,1-2H3. The van der Waals surface area contributed by atoms with E-state index in [1.807, 2.05) is 0 Å². The van der Waals surface area contributed by atoms with Gasteiger partial charge >= 0.3 is 0 Å². The number of hydrogen-bond acceptors (Lipinski definition) is 2. The molecule has 0 aliphatic heterocycles. The molecule has 1 unspecified atom stereocenters. The molecular weight excluding hydrogens is 272 g/mol. The lowest BCUT2D eigenvalue weighted by molar-refractivity contribution is -0.0314. The van der Waals surface area contributed by atoms with Crippen LogP contribution in [0, 0.1) is 0 Å². The minimum absolute atomic E-state index is 0.0710. The van der Waals surface area contributed by atoms with Crippen molar-refractivity contribution in [1.82, 2.24) is 0 Å². The van der Waals surface area contributed by atoms with Crippen LogP contribution >= 0.6 is 0 Å². The van der Waals surface area contributed by atoms with E-state index in [0.717, 1.165) is 25.7 Å². The van der Waals surface area contributed by atoms with E-state index >= 15 is 0 Å². The summed E-state index contributed by atoms with van der Waals surface area (Å²) in [5, 5.41) is 19.9. The third-order valence-corrected chi connectivity index (χ3v) is 4.79. The maximum Gasteiger partial charge on any atom is 0.0877 e. The Morgan fingerprint density at radius 2 is 0.864 bits per heavy atom. The number of rotatable bonds is 17. The van der Waals surface area contributed by atoms with Crippen molar-refractivity contribution >= 4 is 0 Å². The Morgan fingerprint density at radius 1 is 0.545 bits per heavy atom. The van der Waals surface area contributed by atoms with E-state index in [2.05, 4.69) is 13.8 Å². The minimum atomic E-state index is -0.813. The Morgan fingerprint density at radius 3 is 1.18 bits per heavy atom. The molecule has 0 saturated heterocycles. The molecule has 2 nitrogen and oxygen atoms in total. The third-order valence-electron chi connectivity index (χ3n) is 4.79. The number of unbranched alkanes of at least 4 members (excludes halogenated alkanes) is 12. The van der Waals surface area contributed by atoms with Crippen molar-refractivity contribution in [3.8, 4) is 0 Å². The zero-order valence-corrected chi connectivity index (χ0v) is 15.4. The van der Waals surface area contributed by atoms with Gasteiger partial charge in [-0.3, -0.25) is 0 Å². The maximum absolute atomic E-state index is 10.4. The van der Waals surface area contributed by atoms with E-state index in [-0.39, 0.29) is 6.61 Å². The van der Waals surface area contributed by atoms with Crippen LogP contribution in [-0.2, 0) is 0 Å². The lowest BCUT2D eigenvalue weighted by Crippen LogP contribution is -2.33. The maximum atomic E-state index is 10.4. The van der Waals surface area contributed by atoms with Gasteiger partial charge in [-0.15, -0.1) is 0 Å². The molecule has 0 aliphatic carbocycles. The highest BCUT2D eigenvalue weighted by atomic mass is 16.3. The molecule has 0 rings (SSSR count). The highest BCUT2D eigenvalue weighted by molar-refractivity contribution is 4.77. The average molecular weight is 315 g/mol. The predicted molar refractivity (Wildman–Crippen MR) is 97.3 cm³/mol. The van der Waals surface area contributed by atoms with Crippen LogP contribution in [0.25, 0.3) is 0 Å². The molecule has 0 aliphatic rings. The molecule has 0 aromatic rings. The van der Waals surface area contributed by atoms with Crippen molar-refractivity contribution in [3.63, 3.8) is 0 Å². The van der Waals surface area contributed by atoms with E-state index in [0.29, 0.717) is 0 Å². The molecule has 0 saturated carbocycles. The molecule has 22 heavy (non-hydrogen) atoms. The highest BCUT2D eigenvalue weighted by Crippen LogP contribution is 2.23. The zero-order chi connectivity index (χ0) is 16.5. The summed E-state index contributed by atoms with van der Waals surface area (Å²) in [6, 6.07) is 0. The Bertz CT molecular complexity index is 218. The third kappa shape index (κ3) is 13.6. The molecule has 0 radical (unpaired) electrons. The summed E-state index contributed by atoms with van der Waals surface area (Å²) in [5.41, 5.74) is -0.813.